The molecule has 0 radical (unpaired) electrons. The molecule has 21 heavy (non-hydrogen) atoms. The van der Waals surface area contributed by atoms with E-state index in [-0.39, 0.29) is 0 Å². The van der Waals surface area contributed by atoms with Gasteiger partial charge in [0.15, 0.2) is 0 Å². The molecule has 3 aromatic rings. The Morgan fingerprint density at radius 3 is 3.10 bits per heavy atom. The van der Waals surface area contributed by atoms with Crippen molar-refractivity contribution in [2.24, 2.45) is 0 Å². The van der Waals surface area contributed by atoms with E-state index in [4.69, 9.17) is 16.0 Å². The van der Waals surface area contributed by atoms with Crippen LogP contribution in [-0.4, -0.2) is 25.2 Å². The van der Waals surface area contributed by atoms with Crippen LogP contribution in [-0.2, 0) is 12.3 Å². The SMILES string of the molecule is CCn1nnnc1SCc1coc(-c2cccc(Cl)c2)n1. The lowest BCUT2D eigenvalue weighted by Crippen LogP contribution is -1.98. The van der Waals surface area contributed by atoms with Crippen LogP contribution in [0.3, 0.4) is 0 Å². The summed E-state index contributed by atoms with van der Waals surface area (Å²) in [5, 5.41) is 12.9. The number of halogens is 1. The van der Waals surface area contributed by atoms with E-state index in [2.05, 4.69) is 20.5 Å². The summed E-state index contributed by atoms with van der Waals surface area (Å²) in [6.07, 6.45) is 1.64. The smallest absolute Gasteiger partial charge is 0.226 e. The van der Waals surface area contributed by atoms with Crippen molar-refractivity contribution in [3.05, 3.63) is 41.2 Å². The van der Waals surface area contributed by atoms with Gasteiger partial charge in [0, 0.05) is 22.9 Å². The number of oxazole rings is 1. The highest BCUT2D eigenvalue weighted by molar-refractivity contribution is 7.98. The second-order valence-corrected chi connectivity index (χ2v) is 5.60. The molecular weight excluding hydrogens is 310 g/mol. The number of aromatic nitrogens is 5. The van der Waals surface area contributed by atoms with Gasteiger partial charge in [-0.2, -0.15) is 0 Å². The Hall–Kier alpha value is -1.86. The van der Waals surface area contributed by atoms with Crippen molar-refractivity contribution >= 4 is 23.4 Å². The molecule has 2 heterocycles. The third-order valence-corrected chi connectivity index (χ3v) is 4.00. The minimum atomic E-state index is 0.559. The predicted molar refractivity (Wildman–Crippen MR) is 80.0 cm³/mol. The summed E-state index contributed by atoms with van der Waals surface area (Å²) < 4.78 is 7.23. The maximum Gasteiger partial charge on any atom is 0.226 e. The average molecular weight is 322 g/mol. The van der Waals surface area contributed by atoms with Gasteiger partial charge >= 0.3 is 0 Å². The van der Waals surface area contributed by atoms with Gasteiger partial charge in [-0.1, -0.05) is 29.4 Å². The maximum atomic E-state index is 5.97. The Morgan fingerprint density at radius 1 is 1.38 bits per heavy atom. The van der Waals surface area contributed by atoms with Gasteiger partial charge in [-0.15, -0.1) is 5.10 Å². The number of rotatable bonds is 5. The monoisotopic (exact) mass is 321 g/mol. The fourth-order valence-corrected chi connectivity index (χ4v) is 2.77. The number of hydrogen-bond donors (Lipinski definition) is 0. The topological polar surface area (TPSA) is 69.6 Å². The van der Waals surface area contributed by atoms with Gasteiger partial charge in [0.05, 0.1) is 5.69 Å². The first-order chi connectivity index (χ1) is 10.3. The second kappa shape index (κ2) is 6.28. The molecule has 108 valence electrons. The van der Waals surface area contributed by atoms with Gasteiger partial charge in [-0.25, -0.2) is 9.67 Å². The Morgan fingerprint density at radius 2 is 2.29 bits per heavy atom. The van der Waals surface area contributed by atoms with E-state index in [9.17, 15) is 0 Å². The predicted octanol–water partition coefficient (Wildman–Crippen LogP) is 3.29. The lowest BCUT2D eigenvalue weighted by molar-refractivity contribution is 0.573. The van der Waals surface area contributed by atoms with E-state index in [1.165, 1.54) is 11.8 Å². The van der Waals surface area contributed by atoms with Gasteiger partial charge in [0.1, 0.15) is 6.26 Å². The summed E-state index contributed by atoms with van der Waals surface area (Å²) in [6, 6.07) is 7.41. The first kappa shape index (κ1) is 14.1. The van der Waals surface area contributed by atoms with Crippen LogP contribution in [0.2, 0.25) is 5.02 Å². The summed E-state index contributed by atoms with van der Waals surface area (Å²) >= 11 is 7.49. The third kappa shape index (κ3) is 3.25. The van der Waals surface area contributed by atoms with Crippen LogP contribution in [0.5, 0.6) is 0 Å². The van der Waals surface area contributed by atoms with Crippen LogP contribution >= 0.6 is 23.4 Å². The van der Waals surface area contributed by atoms with Crippen LogP contribution in [0, 0.1) is 0 Å². The summed E-state index contributed by atoms with van der Waals surface area (Å²) in [5.41, 5.74) is 1.69. The Labute approximate surface area is 130 Å². The maximum absolute atomic E-state index is 5.97. The molecule has 1 aromatic carbocycles. The van der Waals surface area contributed by atoms with Crippen molar-refractivity contribution in [2.45, 2.75) is 24.4 Å². The summed E-state index contributed by atoms with van der Waals surface area (Å²) in [4.78, 5) is 4.45. The van der Waals surface area contributed by atoms with E-state index < -0.39 is 0 Å². The molecule has 0 amide bonds. The van der Waals surface area contributed by atoms with Gasteiger partial charge in [-0.3, -0.25) is 0 Å². The quantitative estimate of drug-likeness (QED) is 0.672. The molecule has 6 nitrogen and oxygen atoms in total. The second-order valence-electron chi connectivity index (χ2n) is 4.22. The van der Waals surface area contributed by atoms with E-state index >= 15 is 0 Å². The Kier molecular flexibility index (Phi) is 4.21. The number of thioether (sulfide) groups is 1. The lowest BCUT2D eigenvalue weighted by atomic mass is 10.2. The Bertz CT molecular complexity index is 742. The van der Waals surface area contributed by atoms with E-state index in [1.54, 1.807) is 10.9 Å². The minimum absolute atomic E-state index is 0.559. The third-order valence-electron chi connectivity index (χ3n) is 2.77. The standard InChI is InChI=1S/C13H12ClN5OS/c1-2-19-13(16-17-18-19)21-8-11-7-20-12(15-11)9-4-3-5-10(14)6-9/h3-7H,2,8H2,1H3. The molecular formula is C13H12ClN5OS. The zero-order chi connectivity index (χ0) is 14.7. The lowest BCUT2D eigenvalue weighted by Gasteiger charge is -1.98. The average Bonchev–Trinajstić information content (AvgIpc) is 3.14. The molecule has 0 aliphatic carbocycles. The fourth-order valence-electron chi connectivity index (χ4n) is 1.76. The first-order valence-electron chi connectivity index (χ1n) is 6.35. The van der Waals surface area contributed by atoms with Crippen LogP contribution in [0.1, 0.15) is 12.6 Å². The molecule has 0 saturated heterocycles. The molecule has 0 fully saturated rings. The van der Waals surface area contributed by atoms with Gasteiger partial charge in [0.25, 0.3) is 0 Å². The van der Waals surface area contributed by atoms with Crippen LogP contribution < -0.4 is 0 Å². The van der Waals surface area contributed by atoms with Crippen molar-refractivity contribution in [1.82, 2.24) is 25.2 Å². The normalized spacial score (nSPS) is 11.0. The number of tetrazole rings is 1. The molecule has 0 bridgehead atoms. The molecule has 0 unspecified atom stereocenters. The van der Waals surface area contributed by atoms with Crippen LogP contribution in [0.15, 0.2) is 40.1 Å². The summed E-state index contributed by atoms with van der Waals surface area (Å²) in [5.74, 6) is 1.20. The molecule has 0 aliphatic rings. The highest BCUT2D eigenvalue weighted by Gasteiger charge is 2.10. The molecule has 0 atom stereocenters. The van der Waals surface area contributed by atoms with E-state index in [0.29, 0.717) is 16.7 Å². The minimum Gasteiger partial charge on any atom is -0.444 e. The van der Waals surface area contributed by atoms with Crippen molar-refractivity contribution in [1.29, 1.82) is 0 Å². The van der Waals surface area contributed by atoms with Crippen molar-refractivity contribution in [3.63, 3.8) is 0 Å². The molecule has 0 N–H and O–H groups in total. The van der Waals surface area contributed by atoms with Gasteiger partial charge < -0.3 is 4.42 Å². The van der Waals surface area contributed by atoms with Crippen molar-refractivity contribution in [3.8, 4) is 11.5 Å². The number of aryl methyl sites for hydroxylation is 1. The Balaban J connectivity index is 1.71. The zero-order valence-corrected chi connectivity index (χ0v) is 12.8. The molecule has 2 aromatic heterocycles. The summed E-state index contributed by atoms with van der Waals surface area (Å²) in [6.45, 7) is 2.73. The number of benzene rings is 1. The van der Waals surface area contributed by atoms with Crippen molar-refractivity contribution in [2.75, 3.05) is 0 Å². The fraction of sp³-hybridized carbons (Fsp3) is 0.231. The van der Waals surface area contributed by atoms with Gasteiger partial charge in [0.2, 0.25) is 11.0 Å². The molecule has 0 saturated carbocycles. The number of hydrogen-bond acceptors (Lipinski definition) is 6. The molecule has 8 heteroatoms. The van der Waals surface area contributed by atoms with Crippen molar-refractivity contribution < 1.29 is 4.42 Å². The zero-order valence-electron chi connectivity index (χ0n) is 11.2. The molecule has 3 rings (SSSR count). The van der Waals surface area contributed by atoms with E-state index in [0.717, 1.165) is 23.0 Å². The summed E-state index contributed by atoms with van der Waals surface area (Å²) in [7, 11) is 0. The van der Waals surface area contributed by atoms with Crippen LogP contribution in [0.25, 0.3) is 11.5 Å². The van der Waals surface area contributed by atoms with E-state index in [1.807, 2.05) is 31.2 Å². The van der Waals surface area contributed by atoms with Gasteiger partial charge in [-0.05, 0) is 35.5 Å². The van der Waals surface area contributed by atoms with Crippen LogP contribution in [0.4, 0.5) is 0 Å². The highest BCUT2D eigenvalue weighted by Crippen LogP contribution is 2.25. The highest BCUT2D eigenvalue weighted by atomic mass is 35.5. The largest absolute Gasteiger partial charge is 0.444 e. The first-order valence-corrected chi connectivity index (χ1v) is 7.72. The molecule has 0 aliphatic heterocycles. The molecule has 0 spiro atoms. The number of nitrogens with zero attached hydrogens (tertiary/aromatic N) is 5.